The lowest BCUT2D eigenvalue weighted by atomic mass is 10.0. The second kappa shape index (κ2) is 5.34. The molecule has 1 rings (SSSR count). The van der Waals surface area contributed by atoms with E-state index in [9.17, 15) is 4.79 Å². The Balaban J connectivity index is 3.16. The van der Waals surface area contributed by atoms with Crippen LogP contribution in [-0.4, -0.2) is 17.0 Å². The fraction of sp³-hybridized carbons (Fsp3) is 0.333. The van der Waals surface area contributed by atoms with Gasteiger partial charge in [-0.1, -0.05) is 31.1 Å². The quantitative estimate of drug-likeness (QED) is 0.322. The van der Waals surface area contributed by atoms with Gasteiger partial charge in [-0.2, -0.15) is 0 Å². The summed E-state index contributed by atoms with van der Waals surface area (Å²) in [5.74, 6) is -0.250. The van der Waals surface area contributed by atoms with Crippen molar-refractivity contribution in [2.75, 3.05) is 5.32 Å². The third-order valence-corrected chi connectivity index (χ3v) is 2.42. The van der Waals surface area contributed by atoms with Crippen LogP contribution in [0, 0.1) is 12.8 Å². The Bertz CT molecular complexity index is 453. The van der Waals surface area contributed by atoms with E-state index < -0.39 is 0 Å². The summed E-state index contributed by atoms with van der Waals surface area (Å²) in [5.41, 5.74) is 7.53. The van der Waals surface area contributed by atoms with Gasteiger partial charge in [-0.25, -0.2) is 0 Å². The zero-order valence-electron chi connectivity index (χ0n) is 10.2. The highest BCUT2D eigenvalue weighted by atomic mass is 16.4. The van der Waals surface area contributed by atoms with Crippen LogP contribution in [0.25, 0.3) is 0 Å². The highest BCUT2D eigenvalue weighted by Gasteiger charge is 2.14. The van der Waals surface area contributed by atoms with Gasteiger partial charge < -0.3 is 16.3 Å². The molecule has 0 bridgehead atoms. The first-order valence-electron chi connectivity index (χ1n) is 5.35. The first-order valence-corrected chi connectivity index (χ1v) is 5.35. The van der Waals surface area contributed by atoms with E-state index in [0.717, 1.165) is 5.56 Å². The van der Waals surface area contributed by atoms with Crippen LogP contribution in [0.1, 0.15) is 25.0 Å². The number of amidine groups is 1. The Morgan fingerprint density at radius 2 is 2.12 bits per heavy atom. The maximum absolute atomic E-state index is 11.6. The van der Waals surface area contributed by atoms with E-state index >= 15 is 0 Å². The molecule has 1 aromatic carbocycles. The molecule has 1 amide bonds. The Labute approximate surface area is 100 Å². The van der Waals surface area contributed by atoms with Crippen LogP contribution >= 0.6 is 0 Å². The minimum Gasteiger partial charge on any atom is -0.409 e. The molecular formula is C12H17N3O2. The number of rotatable bonds is 3. The summed E-state index contributed by atoms with van der Waals surface area (Å²) in [6, 6.07) is 5.36. The molecule has 0 aliphatic rings. The number of hydrogen-bond acceptors (Lipinski definition) is 3. The molecule has 0 unspecified atom stereocenters. The number of hydrogen-bond donors (Lipinski definition) is 3. The van der Waals surface area contributed by atoms with Gasteiger partial charge in [-0.05, 0) is 18.6 Å². The molecule has 0 aliphatic heterocycles. The number of carbonyl (C=O) groups is 1. The van der Waals surface area contributed by atoms with Gasteiger partial charge >= 0.3 is 0 Å². The van der Waals surface area contributed by atoms with E-state index in [1.54, 1.807) is 26.0 Å². The molecule has 0 spiro atoms. The van der Waals surface area contributed by atoms with Gasteiger partial charge in [0, 0.05) is 11.5 Å². The summed E-state index contributed by atoms with van der Waals surface area (Å²) < 4.78 is 0. The van der Waals surface area contributed by atoms with Gasteiger partial charge in [-0.3, -0.25) is 4.79 Å². The van der Waals surface area contributed by atoms with Crippen molar-refractivity contribution in [3.8, 4) is 0 Å². The van der Waals surface area contributed by atoms with E-state index in [1.807, 2.05) is 13.0 Å². The second-order valence-corrected chi connectivity index (χ2v) is 4.13. The number of anilines is 1. The second-order valence-electron chi connectivity index (χ2n) is 4.13. The maximum Gasteiger partial charge on any atom is 0.226 e. The summed E-state index contributed by atoms with van der Waals surface area (Å²) in [6.45, 7) is 5.43. The standard InChI is InChI=1S/C12H17N3O2/c1-7(2)12(16)14-9-6-4-5-8(3)10(9)11(13)15-17/h4-7,17H,1-3H3,(H2,13,15)(H,14,16). The van der Waals surface area contributed by atoms with Gasteiger partial charge in [0.1, 0.15) is 0 Å². The molecule has 0 atom stereocenters. The number of amides is 1. The number of nitrogens with zero attached hydrogens (tertiary/aromatic N) is 1. The minimum atomic E-state index is -0.129. The lowest BCUT2D eigenvalue weighted by Gasteiger charge is -2.13. The van der Waals surface area contributed by atoms with Crippen molar-refractivity contribution in [1.82, 2.24) is 0 Å². The monoisotopic (exact) mass is 235 g/mol. The number of aryl methyl sites for hydroxylation is 1. The first-order chi connectivity index (χ1) is 7.97. The van der Waals surface area contributed by atoms with Crippen LogP contribution in [0.4, 0.5) is 5.69 Å². The molecule has 0 radical (unpaired) electrons. The molecule has 0 saturated heterocycles. The number of nitrogens with one attached hydrogen (secondary N) is 1. The smallest absolute Gasteiger partial charge is 0.226 e. The summed E-state index contributed by atoms with van der Waals surface area (Å²) in [5, 5.41) is 14.5. The lowest BCUT2D eigenvalue weighted by Crippen LogP contribution is -2.22. The van der Waals surface area contributed by atoms with Crippen molar-refractivity contribution >= 4 is 17.4 Å². The van der Waals surface area contributed by atoms with E-state index in [1.165, 1.54) is 0 Å². The van der Waals surface area contributed by atoms with Crippen LogP contribution in [0.2, 0.25) is 0 Å². The van der Waals surface area contributed by atoms with E-state index in [-0.39, 0.29) is 17.7 Å². The summed E-state index contributed by atoms with van der Waals surface area (Å²) in [4.78, 5) is 11.6. The van der Waals surface area contributed by atoms with Crippen molar-refractivity contribution in [2.45, 2.75) is 20.8 Å². The summed E-state index contributed by atoms with van der Waals surface area (Å²) in [7, 11) is 0. The number of nitrogens with two attached hydrogens (primary N) is 1. The molecular weight excluding hydrogens is 218 g/mol. The normalized spacial score (nSPS) is 11.6. The predicted octanol–water partition coefficient (Wildman–Crippen LogP) is 1.68. The largest absolute Gasteiger partial charge is 0.409 e. The lowest BCUT2D eigenvalue weighted by molar-refractivity contribution is -0.118. The number of oxime groups is 1. The molecule has 0 aromatic heterocycles. The van der Waals surface area contributed by atoms with Crippen LogP contribution in [0.5, 0.6) is 0 Å². The van der Waals surface area contributed by atoms with Gasteiger partial charge in [0.15, 0.2) is 5.84 Å². The molecule has 5 nitrogen and oxygen atoms in total. The Kier molecular flexibility index (Phi) is 4.09. The van der Waals surface area contributed by atoms with Crippen molar-refractivity contribution in [2.24, 2.45) is 16.8 Å². The third kappa shape index (κ3) is 2.96. The highest BCUT2D eigenvalue weighted by molar-refractivity contribution is 6.06. The fourth-order valence-corrected chi connectivity index (χ4v) is 1.44. The molecule has 17 heavy (non-hydrogen) atoms. The van der Waals surface area contributed by atoms with Crippen molar-refractivity contribution in [1.29, 1.82) is 0 Å². The topological polar surface area (TPSA) is 87.7 Å². The fourth-order valence-electron chi connectivity index (χ4n) is 1.44. The number of carbonyl (C=O) groups excluding carboxylic acids is 1. The van der Waals surface area contributed by atoms with Gasteiger partial charge in [0.2, 0.25) is 5.91 Å². The van der Waals surface area contributed by atoms with Crippen molar-refractivity contribution < 1.29 is 10.0 Å². The maximum atomic E-state index is 11.6. The van der Waals surface area contributed by atoms with E-state index in [2.05, 4.69) is 10.5 Å². The SMILES string of the molecule is Cc1cccc(NC(=O)C(C)C)c1/C(N)=N/O. The molecule has 0 heterocycles. The predicted molar refractivity (Wildman–Crippen MR) is 67.2 cm³/mol. The zero-order valence-corrected chi connectivity index (χ0v) is 10.2. The highest BCUT2D eigenvalue weighted by Crippen LogP contribution is 2.19. The van der Waals surface area contributed by atoms with Gasteiger partial charge in [0.05, 0.1) is 5.69 Å². The third-order valence-electron chi connectivity index (χ3n) is 2.42. The van der Waals surface area contributed by atoms with Crippen LogP contribution in [0.3, 0.4) is 0 Å². The molecule has 5 heteroatoms. The van der Waals surface area contributed by atoms with Gasteiger partial charge in [-0.15, -0.1) is 0 Å². The Hall–Kier alpha value is -2.04. The summed E-state index contributed by atoms with van der Waals surface area (Å²) in [6.07, 6.45) is 0. The summed E-state index contributed by atoms with van der Waals surface area (Å²) >= 11 is 0. The Morgan fingerprint density at radius 3 is 2.65 bits per heavy atom. The zero-order chi connectivity index (χ0) is 13.0. The molecule has 92 valence electrons. The molecule has 4 N–H and O–H groups in total. The average Bonchev–Trinajstić information content (AvgIpc) is 2.28. The van der Waals surface area contributed by atoms with Crippen LogP contribution in [-0.2, 0) is 4.79 Å². The Morgan fingerprint density at radius 1 is 1.47 bits per heavy atom. The minimum absolute atomic E-state index is 0.0119. The van der Waals surface area contributed by atoms with Crippen LogP contribution < -0.4 is 11.1 Å². The van der Waals surface area contributed by atoms with Crippen LogP contribution in [0.15, 0.2) is 23.4 Å². The van der Waals surface area contributed by atoms with Gasteiger partial charge in [0.25, 0.3) is 0 Å². The first kappa shape index (κ1) is 13.0. The number of benzene rings is 1. The van der Waals surface area contributed by atoms with Crippen molar-refractivity contribution in [3.63, 3.8) is 0 Å². The molecule has 0 saturated carbocycles. The molecule has 0 fully saturated rings. The average molecular weight is 235 g/mol. The van der Waals surface area contributed by atoms with Crippen molar-refractivity contribution in [3.05, 3.63) is 29.3 Å². The molecule has 1 aromatic rings. The molecule has 0 aliphatic carbocycles. The van der Waals surface area contributed by atoms with E-state index in [4.69, 9.17) is 10.9 Å². The van der Waals surface area contributed by atoms with E-state index in [0.29, 0.717) is 11.3 Å².